The van der Waals surface area contributed by atoms with Crippen molar-refractivity contribution < 1.29 is 5.11 Å². The molecule has 0 fully saturated rings. The maximum absolute atomic E-state index is 9.30. The number of halogens is 1. The first kappa shape index (κ1) is 10.2. The molecule has 1 N–H and O–H groups in total. The third kappa shape index (κ3) is 2.57. The molecular formula is C9H13BrOS. The highest BCUT2D eigenvalue weighted by Crippen LogP contribution is 2.26. The Bertz CT molecular complexity index is 244. The molecule has 1 aromatic rings. The standard InChI is InChI=1S/C9H13BrOS/c1-6(7(2)11)5-9-8(10)3-4-12-9/h3-4,6-7,11H,5H2,1-2H3. The summed E-state index contributed by atoms with van der Waals surface area (Å²) >= 11 is 5.21. The summed E-state index contributed by atoms with van der Waals surface area (Å²) in [6.07, 6.45) is 0.731. The maximum atomic E-state index is 9.30. The Hall–Kier alpha value is 0.140. The average Bonchev–Trinajstić information content (AvgIpc) is 2.36. The number of aliphatic hydroxyl groups is 1. The lowest BCUT2D eigenvalue weighted by Gasteiger charge is -2.13. The Kier molecular flexibility index (Phi) is 3.75. The molecule has 0 saturated carbocycles. The van der Waals surface area contributed by atoms with Crippen LogP contribution < -0.4 is 0 Å². The predicted molar refractivity (Wildman–Crippen MR) is 56.6 cm³/mol. The van der Waals surface area contributed by atoms with Crippen LogP contribution in [-0.4, -0.2) is 11.2 Å². The molecule has 2 atom stereocenters. The quantitative estimate of drug-likeness (QED) is 0.872. The number of aliphatic hydroxyl groups excluding tert-OH is 1. The summed E-state index contributed by atoms with van der Waals surface area (Å²) in [4.78, 5) is 1.32. The Morgan fingerprint density at radius 3 is 2.67 bits per heavy atom. The number of thiophene rings is 1. The highest BCUT2D eigenvalue weighted by atomic mass is 79.9. The van der Waals surface area contributed by atoms with Gasteiger partial charge in [0.15, 0.2) is 0 Å². The van der Waals surface area contributed by atoms with Gasteiger partial charge in [-0.1, -0.05) is 6.92 Å². The minimum absolute atomic E-state index is 0.223. The van der Waals surface area contributed by atoms with Gasteiger partial charge in [0, 0.05) is 9.35 Å². The highest BCUT2D eigenvalue weighted by Gasteiger charge is 2.11. The van der Waals surface area contributed by atoms with Crippen molar-refractivity contribution in [3.63, 3.8) is 0 Å². The minimum Gasteiger partial charge on any atom is -0.393 e. The summed E-state index contributed by atoms with van der Waals surface area (Å²) in [7, 11) is 0. The van der Waals surface area contributed by atoms with Crippen LogP contribution in [0.4, 0.5) is 0 Å². The van der Waals surface area contributed by atoms with Crippen LogP contribution in [0.2, 0.25) is 0 Å². The molecule has 0 bridgehead atoms. The van der Waals surface area contributed by atoms with Gasteiger partial charge in [0.05, 0.1) is 6.10 Å². The molecule has 0 amide bonds. The van der Waals surface area contributed by atoms with E-state index in [4.69, 9.17) is 0 Å². The van der Waals surface area contributed by atoms with Crippen molar-refractivity contribution in [2.45, 2.75) is 26.4 Å². The van der Waals surface area contributed by atoms with E-state index in [1.165, 1.54) is 9.35 Å². The Labute approximate surface area is 85.6 Å². The van der Waals surface area contributed by atoms with Gasteiger partial charge in [0.2, 0.25) is 0 Å². The lowest BCUT2D eigenvalue weighted by molar-refractivity contribution is 0.135. The molecule has 0 aromatic carbocycles. The molecule has 0 aliphatic rings. The van der Waals surface area contributed by atoms with Gasteiger partial charge in [0.1, 0.15) is 0 Å². The van der Waals surface area contributed by atoms with Gasteiger partial charge in [0.25, 0.3) is 0 Å². The van der Waals surface area contributed by atoms with Crippen LogP contribution in [-0.2, 0) is 6.42 Å². The molecule has 12 heavy (non-hydrogen) atoms. The number of rotatable bonds is 3. The van der Waals surface area contributed by atoms with Crippen LogP contribution in [0.5, 0.6) is 0 Å². The molecule has 1 rings (SSSR count). The van der Waals surface area contributed by atoms with Gasteiger partial charge >= 0.3 is 0 Å². The van der Waals surface area contributed by atoms with Gasteiger partial charge in [-0.25, -0.2) is 0 Å². The zero-order chi connectivity index (χ0) is 9.14. The third-order valence-corrected chi connectivity index (χ3v) is 3.97. The topological polar surface area (TPSA) is 20.2 Å². The number of hydrogen-bond donors (Lipinski definition) is 1. The summed E-state index contributed by atoms with van der Waals surface area (Å²) in [5, 5.41) is 11.4. The first-order valence-electron chi connectivity index (χ1n) is 4.01. The van der Waals surface area contributed by atoms with Crippen LogP contribution in [0.1, 0.15) is 18.7 Å². The molecule has 0 saturated heterocycles. The van der Waals surface area contributed by atoms with E-state index in [0.29, 0.717) is 5.92 Å². The normalized spacial score (nSPS) is 16.0. The summed E-state index contributed by atoms with van der Waals surface area (Å²) in [6.45, 7) is 3.91. The SMILES string of the molecule is CC(O)C(C)Cc1sccc1Br. The Balaban J connectivity index is 2.58. The molecule has 2 unspecified atom stereocenters. The molecule has 0 aliphatic heterocycles. The van der Waals surface area contributed by atoms with Crippen LogP contribution in [0.3, 0.4) is 0 Å². The van der Waals surface area contributed by atoms with Crippen molar-refractivity contribution in [1.82, 2.24) is 0 Å². The fraction of sp³-hybridized carbons (Fsp3) is 0.556. The Morgan fingerprint density at radius 1 is 1.58 bits per heavy atom. The highest BCUT2D eigenvalue weighted by molar-refractivity contribution is 9.10. The van der Waals surface area contributed by atoms with E-state index >= 15 is 0 Å². The summed E-state index contributed by atoms with van der Waals surface area (Å²) in [5.74, 6) is 0.333. The smallest absolute Gasteiger partial charge is 0.0541 e. The van der Waals surface area contributed by atoms with Gasteiger partial charge < -0.3 is 5.11 Å². The third-order valence-electron chi connectivity index (χ3n) is 2.02. The van der Waals surface area contributed by atoms with E-state index in [1.54, 1.807) is 11.3 Å². The van der Waals surface area contributed by atoms with Crippen LogP contribution in [0.25, 0.3) is 0 Å². The zero-order valence-electron chi connectivity index (χ0n) is 7.25. The molecule has 0 aliphatic carbocycles. The first-order valence-corrected chi connectivity index (χ1v) is 5.68. The minimum atomic E-state index is -0.223. The summed E-state index contributed by atoms with van der Waals surface area (Å²) in [6, 6.07) is 2.05. The van der Waals surface area contributed by atoms with Crippen molar-refractivity contribution in [2.75, 3.05) is 0 Å². The second kappa shape index (κ2) is 4.40. The monoisotopic (exact) mass is 248 g/mol. The van der Waals surface area contributed by atoms with Crippen molar-refractivity contribution in [1.29, 1.82) is 0 Å². The van der Waals surface area contributed by atoms with Gasteiger partial charge in [-0.3, -0.25) is 0 Å². The van der Waals surface area contributed by atoms with Crippen LogP contribution in [0.15, 0.2) is 15.9 Å². The van der Waals surface area contributed by atoms with Gasteiger partial charge in [-0.2, -0.15) is 0 Å². The van der Waals surface area contributed by atoms with Crippen LogP contribution >= 0.6 is 27.3 Å². The lowest BCUT2D eigenvalue weighted by Crippen LogP contribution is -2.14. The second-order valence-electron chi connectivity index (χ2n) is 3.11. The number of hydrogen-bond acceptors (Lipinski definition) is 2. The van der Waals surface area contributed by atoms with E-state index in [1.807, 2.05) is 6.92 Å². The van der Waals surface area contributed by atoms with Gasteiger partial charge in [-0.15, -0.1) is 11.3 Å². The van der Waals surface area contributed by atoms with Crippen molar-refractivity contribution in [3.05, 3.63) is 20.8 Å². The van der Waals surface area contributed by atoms with Crippen molar-refractivity contribution in [3.8, 4) is 0 Å². The van der Waals surface area contributed by atoms with Gasteiger partial charge in [-0.05, 0) is 46.6 Å². The lowest BCUT2D eigenvalue weighted by atomic mass is 10.0. The second-order valence-corrected chi connectivity index (χ2v) is 4.97. The van der Waals surface area contributed by atoms with Crippen molar-refractivity contribution in [2.24, 2.45) is 5.92 Å². The average molecular weight is 249 g/mol. The van der Waals surface area contributed by atoms with Crippen molar-refractivity contribution >= 4 is 27.3 Å². The predicted octanol–water partition coefficient (Wildman–Crippen LogP) is 3.07. The molecule has 0 spiro atoms. The summed E-state index contributed by atoms with van der Waals surface area (Å²) in [5.41, 5.74) is 0. The molecule has 68 valence electrons. The van der Waals surface area contributed by atoms with E-state index in [-0.39, 0.29) is 6.10 Å². The largest absolute Gasteiger partial charge is 0.393 e. The first-order chi connectivity index (χ1) is 5.61. The van der Waals surface area contributed by atoms with E-state index < -0.39 is 0 Å². The summed E-state index contributed by atoms with van der Waals surface area (Å²) < 4.78 is 1.17. The van der Waals surface area contributed by atoms with E-state index in [0.717, 1.165) is 6.42 Å². The van der Waals surface area contributed by atoms with E-state index in [2.05, 4.69) is 34.3 Å². The molecule has 3 heteroatoms. The molecule has 1 nitrogen and oxygen atoms in total. The molecule has 1 aromatic heterocycles. The fourth-order valence-electron chi connectivity index (χ4n) is 0.934. The fourth-order valence-corrected chi connectivity index (χ4v) is 2.59. The zero-order valence-corrected chi connectivity index (χ0v) is 9.65. The Morgan fingerprint density at radius 2 is 2.25 bits per heavy atom. The molecular weight excluding hydrogens is 236 g/mol. The van der Waals surface area contributed by atoms with Crippen LogP contribution in [0, 0.1) is 5.92 Å². The molecule has 1 heterocycles. The van der Waals surface area contributed by atoms with E-state index in [9.17, 15) is 5.11 Å². The maximum Gasteiger partial charge on any atom is 0.0541 e. The molecule has 0 radical (unpaired) electrons.